The van der Waals surface area contributed by atoms with Gasteiger partial charge in [0.2, 0.25) is 0 Å². The standard InChI is InChI=1S/C23H29N3O4S/c1-5-7-8-9-22(30-23(27)6-2)26(3)20-14-10-18(11-15-20)24-25-19-12-16-21(17-13-19)31(4,28)29/h6,10-17,22H,2,5,7-9H2,1,3-4H3. The fraction of sp³-hybridized carbons (Fsp3) is 0.348. The lowest BCUT2D eigenvalue weighted by Crippen LogP contribution is -2.35. The number of anilines is 1. The van der Waals surface area contributed by atoms with Crippen LogP contribution in [0.15, 0.2) is 76.3 Å². The first-order valence-electron chi connectivity index (χ1n) is 10.1. The van der Waals surface area contributed by atoms with Crippen LogP contribution in [0.25, 0.3) is 0 Å². The Kier molecular flexibility index (Phi) is 8.93. The number of nitrogens with zero attached hydrogens (tertiary/aromatic N) is 3. The van der Waals surface area contributed by atoms with Crippen LogP contribution in [-0.4, -0.2) is 33.9 Å². The van der Waals surface area contributed by atoms with Crippen molar-refractivity contribution >= 4 is 32.9 Å². The Bertz CT molecular complexity index is 1000. The highest BCUT2D eigenvalue weighted by Gasteiger charge is 2.18. The first-order chi connectivity index (χ1) is 14.7. The molecular weight excluding hydrogens is 414 g/mol. The predicted octanol–water partition coefficient (Wildman–Crippen LogP) is 5.58. The van der Waals surface area contributed by atoms with Gasteiger partial charge in [0.15, 0.2) is 16.1 Å². The third-order valence-electron chi connectivity index (χ3n) is 4.71. The lowest BCUT2D eigenvalue weighted by atomic mass is 10.1. The van der Waals surface area contributed by atoms with E-state index in [2.05, 4.69) is 23.7 Å². The van der Waals surface area contributed by atoms with Crippen LogP contribution in [0.5, 0.6) is 0 Å². The predicted molar refractivity (Wildman–Crippen MR) is 123 cm³/mol. The second-order valence-corrected chi connectivity index (χ2v) is 9.20. The molecule has 8 heteroatoms. The summed E-state index contributed by atoms with van der Waals surface area (Å²) in [7, 11) is -1.36. The fourth-order valence-electron chi connectivity index (χ4n) is 2.88. The van der Waals surface area contributed by atoms with Gasteiger partial charge in [-0.05, 0) is 55.0 Å². The number of rotatable bonds is 11. The van der Waals surface area contributed by atoms with Gasteiger partial charge in [-0.3, -0.25) is 0 Å². The topological polar surface area (TPSA) is 88.4 Å². The highest BCUT2D eigenvalue weighted by molar-refractivity contribution is 7.90. The molecule has 0 amide bonds. The molecule has 2 rings (SSSR count). The van der Waals surface area contributed by atoms with E-state index in [1.54, 1.807) is 12.1 Å². The maximum Gasteiger partial charge on any atom is 0.332 e. The zero-order valence-electron chi connectivity index (χ0n) is 18.2. The number of azo groups is 1. The van der Waals surface area contributed by atoms with Crippen LogP contribution in [0.4, 0.5) is 17.1 Å². The Labute approximate surface area is 184 Å². The molecule has 0 heterocycles. The molecule has 31 heavy (non-hydrogen) atoms. The molecule has 0 radical (unpaired) electrons. The zero-order chi connectivity index (χ0) is 22.9. The highest BCUT2D eigenvalue weighted by atomic mass is 32.2. The molecule has 7 nitrogen and oxygen atoms in total. The molecular formula is C23H29N3O4S. The van der Waals surface area contributed by atoms with Crippen molar-refractivity contribution < 1.29 is 17.9 Å². The van der Waals surface area contributed by atoms with Crippen LogP contribution in [0.1, 0.15) is 32.6 Å². The number of benzene rings is 2. The van der Waals surface area contributed by atoms with Gasteiger partial charge in [-0.15, -0.1) is 0 Å². The Morgan fingerprint density at radius 3 is 2.10 bits per heavy atom. The van der Waals surface area contributed by atoms with E-state index in [1.165, 1.54) is 18.2 Å². The Morgan fingerprint density at radius 1 is 1.06 bits per heavy atom. The van der Waals surface area contributed by atoms with Crippen molar-refractivity contribution in [2.45, 2.75) is 43.7 Å². The maximum absolute atomic E-state index is 11.7. The van der Waals surface area contributed by atoms with Crippen LogP contribution in [0.3, 0.4) is 0 Å². The summed E-state index contributed by atoms with van der Waals surface area (Å²) in [4.78, 5) is 13.9. The van der Waals surface area contributed by atoms with E-state index >= 15 is 0 Å². The number of sulfone groups is 1. The molecule has 166 valence electrons. The average molecular weight is 444 g/mol. The molecule has 0 bridgehead atoms. The minimum atomic E-state index is -3.24. The van der Waals surface area contributed by atoms with Gasteiger partial charge in [0.05, 0.1) is 16.3 Å². The van der Waals surface area contributed by atoms with Crippen LogP contribution >= 0.6 is 0 Å². The van der Waals surface area contributed by atoms with E-state index in [1.807, 2.05) is 36.2 Å². The molecule has 0 saturated carbocycles. The summed E-state index contributed by atoms with van der Waals surface area (Å²) in [6.07, 6.45) is 5.80. The third kappa shape index (κ3) is 7.64. The molecule has 0 fully saturated rings. The molecule has 1 atom stereocenters. The van der Waals surface area contributed by atoms with Gasteiger partial charge in [0.25, 0.3) is 0 Å². The first kappa shape index (κ1) is 24.3. The number of ether oxygens (including phenoxy) is 1. The Morgan fingerprint density at radius 2 is 1.61 bits per heavy atom. The lowest BCUT2D eigenvalue weighted by molar-refractivity contribution is -0.143. The zero-order valence-corrected chi connectivity index (χ0v) is 19.0. The largest absolute Gasteiger partial charge is 0.438 e. The maximum atomic E-state index is 11.7. The minimum Gasteiger partial charge on any atom is -0.438 e. The number of hydrogen-bond acceptors (Lipinski definition) is 7. The van der Waals surface area contributed by atoms with Crippen molar-refractivity contribution in [3.05, 3.63) is 61.2 Å². The van der Waals surface area contributed by atoms with Crippen molar-refractivity contribution in [3.63, 3.8) is 0 Å². The second-order valence-electron chi connectivity index (χ2n) is 7.18. The molecule has 0 aliphatic heterocycles. The molecule has 2 aromatic carbocycles. The Hall–Kier alpha value is -3.00. The molecule has 1 unspecified atom stereocenters. The lowest BCUT2D eigenvalue weighted by Gasteiger charge is -2.29. The van der Waals surface area contributed by atoms with Gasteiger partial charge in [0.1, 0.15) is 0 Å². The van der Waals surface area contributed by atoms with Gasteiger partial charge in [-0.1, -0.05) is 26.3 Å². The van der Waals surface area contributed by atoms with Gasteiger partial charge in [-0.25, -0.2) is 13.2 Å². The molecule has 2 aromatic rings. The van der Waals surface area contributed by atoms with E-state index in [4.69, 9.17) is 4.74 Å². The summed E-state index contributed by atoms with van der Waals surface area (Å²) in [5.41, 5.74) is 2.09. The number of unbranched alkanes of at least 4 members (excludes halogenated alkanes) is 2. The SMILES string of the molecule is C=CC(=O)OC(CCCCC)N(C)c1ccc(N=Nc2ccc(S(C)(=O)=O)cc2)cc1. The van der Waals surface area contributed by atoms with E-state index < -0.39 is 15.8 Å². The normalized spacial score (nSPS) is 12.5. The van der Waals surface area contributed by atoms with E-state index in [9.17, 15) is 13.2 Å². The summed E-state index contributed by atoms with van der Waals surface area (Å²) in [6, 6.07) is 13.6. The fourth-order valence-corrected chi connectivity index (χ4v) is 3.51. The van der Waals surface area contributed by atoms with Crippen LogP contribution in [0, 0.1) is 0 Å². The summed E-state index contributed by atoms with van der Waals surface area (Å²) < 4.78 is 28.6. The van der Waals surface area contributed by atoms with E-state index in [0.29, 0.717) is 11.4 Å². The third-order valence-corrected chi connectivity index (χ3v) is 5.84. The van der Waals surface area contributed by atoms with Crippen molar-refractivity contribution in [3.8, 4) is 0 Å². The number of carbonyl (C=O) groups excluding carboxylic acids is 1. The highest BCUT2D eigenvalue weighted by Crippen LogP contribution is 2.25. The first-order valence-corrected chi connectivity index (χ1v) is 12.0. The summed E-state index contributed by atoms with van der Waals surface area (Å²) in [6.45, 7) is 5.60. The summed E-state index contributed by atoms with van der Waals surface area (Å²) in [5.74, 6) is -0.444. The smallest absolute Gasteiger partial charge is 0.332 e. The molecule has 0 aliphatic rings. The number of esters is 1. The molecule has 0 spiro atoms. The average Bonchev–Trinajstić information content (AvgIpc) is 2.76. The van der Waals surface area contributed by atoms with Crippen molar-refractivity contribution in [1.29, 1.82) is 0 Å². The van der Waals surface area contributed by atoms with Crippen LogP contribution in [-0.2, 0) is 19.4 Å². The van der Waals surface area contributed by atoms with Gasteiger partial charge in [-0.2, -0.15) is 10.2 Å². The van der Waals surface area contributed by atoms with Crippen molar-refractivity contribution in [2.24, 2.45) is 10.2 Å². The number of carbonyl (C=O) groups is 1. The van der Waals surface area contributed by atoms with Gasteiger partial charge in [0, 0.05) is 31.5 Å². The summed E-state index contributed by atoms with van der Waals surface area (Å²) >= 11 is 0. The van der Waals surface area contributed by atoms with Crippen LogP contribution in [0.2, 0.25) is 0 Å². The molecule has 0 aromatic heterocycles. The number of hydrogen-bond donors (Lipinski definition) is 0. The van der Waals surface area contributed by atoms with Crippen molar-refractivity contribution in [2.75, 3.05) is 18.2 Å². The monoisotopic (exact) mass is 443 g/mol. The second kappa shape index (κ2) is 11.4. The van der Waals surface area contributed by atoms with E-state index in [0.717, 1.165) is 37.6 Å². The molecule has 0 saturated heterocycles. The Balaban J connectivity index is 2.08. The van der Waals surface area contributed by atoms with E-state index in [-0.39, 0.29) is 11.1 Å². The molecule has 0 aliphatic carbocycles. The van der Waals surface area contributed by atoms with Crippen molar-refractivity contribution in [1.82, 2.24) is 0 Å². The van der Waals surface area contributed by atoms with Gasteiger partial charge < -0.3 is 9.64 Å². The van der Waals surface area contributed by atoms with Gasteiger partial charge >= 0.3 is 5.97 Å². The quantitative estimate of drug-likeness (QED) is 0.149. The minimum absolute atomic E-state index is 0.240. The molecule has 0 N–H and O–H groups in total. The van der Waals surface area contributed by atoms with Crippen LogP contribution < -0.4 is 4.90 Å². The summed E-state index contributed by atoms with van der Waals surface area (Å²) in [5, 5.41) is 8.34.